The van der Waals surface area contributed by atoms with E-state index >= 15 is 0 Å². The second kappa shape index (κ2) is 165. The van der Waals surface area contributed by atoms with Gasteiger partial charge in [0.25, 0.3) is 0 Å². The summed E-state index contributed by atoms with van der Waals surface area (Å²) in [5, 5.41) is 0. The third kappa shape index (κ3) is 326. The summed E-state index contributed by atoms with van der Waals surface area (Å²) in [7, 11) is 15.3. The van der Waals surface area contributed by atoms with Crippen LogP contribution in [0, 0.1) is 0 Å². The fraction of sp³-hybridized carbons (Fsp3) is 0.562. The monoisotopic (exact) mass is 1050 g/mol. The van der Waals surface area contributed by atoms with Crippen LogP contribution < -0.4 is 0 Å². The molecule has 0 saturated heterocycles. The molecule has 0 aromatic heterocycles. The van der Waals surface area contributed by atoms with Crippen LogP contribution in [0.5, 0.6) is 0 Å². The Balaban J connectivity index is -0.0000000505. The average molecular weight is 1060 g/mol. The number of hydrogen-bond donors (Lipinski definition) is 0. The number of aliphatic imine (C=N–C) groups is 8. The van der Waals surface area contributed by atoms with Crippen LogP contribution in [0.4, 0.5) is 0 Å². The van der Waals surface area contributed by atoms with Gasteiger partial charge >= 0.3 is 0 Å². The lowest BCUT2D eigenvalue weighted by atomic mass is 10.2. The number of unbranched alkanes of at least 4 members (excludes halogenated alkanes) is 5. The van der Waals surface area contributed by atoms with E-state index in [4.69, 9.17) is 0 Å². The molecule has 11 nitrogen and oxygen atoms in total. The molecule has 0 saturated carbocycles. The van der Waals surface area contributed by atoms with Crippen molar-refractivity contribution in [3.63, 3.8) is 0 Å². The van der Waals surface area contributed by atoms with Crippen molar-refractivity contribution in [1.82, 2.24) is 0 Å². The molecule has 0 aliphatic carbocycles. The van der Waals surface area contributed by atoms with E-state index < -0.39 is 0 Å². The molecule has 0 fully saturated rings. The van der Waals surface area contributed by atoms with Crippen molar-refractivity contribution < 1.29 is 14.2 Å². The van der Waals surface area contributed by atoms with Crippen molar-refractivity contribution in [1.29, 1.82) is 0 Å². The molecule has 440 valence electrons. The summed E-state index contributed by atoms with van der Waals surface area (Å²) in [6.45, 7) is 35.9. The van der Waals surface area contributed by atoms with Gasteiger partial charge in [0.15, 0.2) is 0 Å². The van der Waals surface area contributed by atoms with Gasteiger partial charge < -0.3 is 14.2 Å². The largest absolute Gasteiger partial charge is 0.505 e. The van der Waals surface area contributed by atoms with Crippen molar-refractivity contribution in [3.8, 4) is 0 Å². The molecule has 0 radical (unpaired) electrons. The molecule has 0 aromatic rings. The van der Waals surface area contributed by atoms with Gasteiger partial charge in [-0.25, -0.2) is 0 Å². The van der Waals surface area contributed by atoms with Crippen molar-refractivity contribution in [2.24, 2.45) is 39.9 Å². The van der Waals surface area contributed by atoms with Crippen LogP contribution in [0.3, 0.4) is 0 Å². The minimum absolute atomic E-state index is 0.691. The van der Waals surface area contributed by atoms with Gasteiger partial charge in [-0.2, -0.15) is 0 Å². The van der Waals surface area contributed by atoms with Crippen molar-refractivity contribution >= 4 is 49.8 Å². The molecule has 0 N–H and O–H groups in total. The van der Waals surface area contributed by atoms with E-state index in [0.717, 1.165) is 6.42 Å². The number of nitrogens with zero attached hydrogens (tertiary/aromatic N) is 8. The van der Waals surface area contributed by atoms with E-state index in [9.17, 15) is 0 Å². The van der Waals surface area contributed by atoms with Crippen LogP contribution in [-0.4, -0.2) is 127 Å². The topological polar surface area (TPSA) is 127 Å². The zero-order valence-corrected chi connectivity index (χ0v) is 54.0. The number of ether oxygens (including phenoxy) is 3. The summed E-state index contributed by atoms with van der Waals surface area (Å²) >= 11 is 0. The highest BCUT2D eigenvalue weighted by Crippen LogP contribution is 1.95. The van der Waals surface area contributed by atoms with Crippen LogP contribution >= 0.6 is 0 Å². The van der Waals surface area contributed by atoms with Crippen LogP contribution in [0.25, 0.3) is 0 Å². The summed E-state index contributed by atoms with van der Waals surface area (Å²) in [6, 6.07) is 0. The van der Waals surface area contributed by atoms with Gasteiger partial charge in [0.05, 0.1) is 26.6 Å². The number of hydrogen-bond acceptors (Lipinski definition) is 10. The Morgan fingerprint density at radius 2 is 0.653 bits per heavy atom. The van der Waals surface area contributed by atoms with Gasteiger partial charge in [-0.05, 0) is 108 Å². The van der Waals surface area contributed by atoms with E-state index in [1.54, 1.807) is 120 Å². The number of allylic oxidation sites excluding steroid dienone is 18. The lowest BCUT2D eigenvalue weighted by Crippen LogP contribution is -1.96. The summed E-state index contributed by atoms with van der Waals surface area (Å²) in [5.74, 6) is 0. The van der Waals surface area contributed by atoms with E-state index in [-0.39, 0.29) is 0 Å². The zero-order chi connectivity index (χ0) is 60.6. The first-order chi connectivity index (χ1) is 36.4. The molecule has 0 aromatic carbocycles. The highest BCUT2D eigenvalue weighted by molar-refractivity contribution is 6.15. The second-order valence-electron chi connectivity index (χ2n) is 13.1. The van der Waals surface area contributed by atoms with Crippen LogP contribution in [0.15, 0.2) is 162 Å². The molecule has 0 aliphatic rings. The summed E-state index contributed by atoms with van der Waals surface area (Å²) < 4.78 is 13.8. The van der Waals surface area contributed by atoms with Gasteiger partial charge in [-0.15, -0.1) is 0 Å². The normalized spacial score (nSPS) is 10.7. The molecule has 0 heterocycles. The molecule has 11 heteroatoms. The standard InChI is InChI=1S/C6H14.2C6H10.4C5H9N.C5H12.C5H10.2C4H8N2.C4H10O2.C4H8O/c3*1-3-5-6-4-2;3*1-3-4-5-6-2;1-3-5-6-4-2;2*1-3-5-4-2;1-5-3-4-6-2;1-3-6-4-5-2;1-5-3-4-6-2;1-3-4-5-2/h3-6H2,1-2H3;2*3-6H,1-2H3;4*3-5H,1-2H3;3-5H2,1-2H3;3,5H,4H2,1-2H3;2*3-4H,1-2H3;3-4H2,1-2H3;3-4H,1-2H3/b;2*5-3-,6-4-;3*4-3-,6-5?;5-3-,6-4?;;5-3-;;;;4-3-. The molecule has 0 unspecified atom stereocenters. The Kier molecular flexibility index (Phi) is 225. The first kappa shape index (κ1) is 102. The first-order valence-corrected chi connectivity index (χ1v) is 26.5. The second-order valence-corrected chi connectivity index (χ2v) is 13.1. The molecule has 0 amide bonds. The average Bonchev–Trinajstić information content (AvgIpc) is 3.44. The Morgan fingerprint density at radius 3 is 0.747 bits per heavy atom. The molecule has 0 aliphatic heterocycles. The SMILES string of the molecule is C/C=C\C=C/C.C/C=C\C=C/C.C/C=C\C=NC.C/C=C\C=NC.C/C=C\C=NC.C/C=C\CC.C/C=C\OC.CC=N/C=C\C.CC=NC=NC.CCCCC.CCCCCC.CN=CC=NC.COCCOC. The zero-order valence-electron chi connectivity index (χ0n) is 54.0. The molecular formula is C64H126N8O3. The third-order valence-corrected chi connectivity index (χ3v) is 6.25. The van der Waals surface area contributed by atoms with Crippen LogP contribution in [-0.2, 0) is 14.2 Å². The van der Waals surface area contributed by atoms with Crippen molar-refractivity contribution in [2.75, 3.05) is 76.8 Å². The van der Waals surface area contributed by atoms with Crippen LogP contribution in [0.1, 0.15) is 169 Å². The molecule has 0 atom stereocenters. The molecule has 0 spiro atoms. The van der Waals surface area contributed by atoms with Gasteiger partial charge in [0.1, 0.15) is 6.34 Å². The Morgan fingerprint density at radius 1 is 0.333 bits per heavy atom. The summed E-state index contributed by atoms with van der Waals surface area (Å²) in [4.78, 5) is 29.5. The van der Waals surface area contributed by atoms with E-state index in [1.165, 1.54) is 51.3 Å². The van der Waals surface area contributed by atoms with Crippen molar-refractivity contribution in [3.05, 3.63) is 122 Å². The van der Waals surface area contributed by atoms with Gasteiger partial charge in [0.2, 0.25) is 0 Å². The lowest BCUT2D eigenvalue weighted by Gasteiger charge is -1.91. The van der Waals surface area contributed by atoms with Crippen LogP contribution in [0.2, 0.25) is 0 Å². The predicted octanol–water partition coefficient (Wildman–Crippen LogP) is 19.0. The third-order valence-electron chi connectivity index (χ3n) is 6.25. The predicted molar refractivity (Wildman–Crippen MR) is 359 cm³/mol. The highest BCUT2D eigenvalue weighted by atomic mass is 16.5. The maximum absolute atomic E-state index is 4.66. The molecular weight excluding hydrogens is 929 g/mol. The van der Waals surface area contributed by atoms with E-state index in [2.05, 4.69) is 101 Å². The summed E-state index contributed by atoms with van der Waals surface area (Å²) in [6.07, 6.45) is 63.0. The molecule has 0 rings (SSSR count). The Labute approximate surface area is 469 Å². The Hall–Kier alpha value is -5.52. The van der Waals surface area contributed by atoms with Crippen molar-refractivity contribution in [2.45, 2.75) is 169 Å². The fourth-order valence-electron chi connectivity index (χ4n) is 2.79. The van der Waals surface area contributed by atoms with Gasteiger partial charge in [0, 0.05) is 106 Å². The van der Waals surface area contributed by atoms with Gasteiger partial charge in [-0.3, -0.25) is 39.9 Å². The highest BCUT2D eigenvalue weighted by Gasteiger charge is 1.75. The first-order valence-electron chi connectivity index (χ1n) is 26.5. The minimum Gasteiger partial charge on any atom is -0.505 e. The molecule has 0 bridgehead atoms. The fourth-order valence-corrected chi connectivity index (χ4v) is 2.79. The number of rotatable bonds is 18. The van der Waals surface area contributed by atoms with E-state index in [0.29, 0.717) is 13.2 Å². The quantitative estimate of drug-likeness (QED) is 0.0339. The maximum Gasteiger partial charge on any atom is 0.109 e. The van der Waals surface area contributed by atoms with E-state index in [1.807, 2.05) is 180 Å². The Bertz CT molecular complexity index is 1010. The smallest absolute Gasteiger partial charge is 0.109 e. The summed E-state index contributed by atoms with van der Waals surface area (Å²) in [5.41, 5.74) is 0. The lowest BCUT2D eigenvalue weighted by molar-refractivity contribution is 0.103. The number of methoxy groups -OCH3 is 3. The maximum atomic E-state index is 4.66. The molecule has 75 heavy (non-hydrogen) atoms. The minimum atomic E-state index is 0.691. The van der Waals surface area contributed by atoms with Gasteiger partial charge in [-0.1, -0.05) is 171 Å².